The highest BCUT2D eigenvalue weighted by atomic mass is 32.2. The summed E-state index contributed by atoms with van der Waals surface area (Å²) >= 11 is 0. The predicted octanol–water partition coefficient (Wildman–Crippen LogP) is 2.88. The Morgan fingerprint density at radius 1 is 1.19 bits per heavy atom. The van der Waals surface area contributed by atoms with Gasteiger partial charge < -0.3 is 4.57 Å². The van der Waals surface area contributed by atoms with E-state index in [9.17, 15) is 8.42 Å². The highest BCUT2D eigenvalue weighted by Crippen LogP contribution is 2.21. The highest BCUT2D eigenvalue weighted by molar-refractivity contribution is 7.88. The largest absolute Gasteiger partial charge is 0.333 e. The fraction of sp³-hybridized carbons (Fsp3) is 0.800. The summed E-state index contributed by atoms with van der Waals surface area (Å²) in [4.78, 5) is 4.38. The fourth-order valence-corrected chi connectivity index (χ4v) is 3.74. The van der Waals surface area contributed by atoms with Gasteiger partial charge in [0.15, 0.2) is 0 Å². The van der Waals surface area contributed by atoms with Gasteiger partial charge in [0.2, 0.25) is 10.0 Å². The maximum Gasteiger partial charge on any atom is 0.211 e. The van der Waals surface area contributed by atoms with Crippen molar-refractivity contribution in [1.29, 1.82) is 0 Å². The zero-order valence-electron chi connectivity index (χ0n) is 13.6. The summed E-state index contributed by atoms with van der Waals surface area (Å²) in [5.74, 6) is 0.972. The first-order chi connectivity index (χ1) is 8.83. The van der Waals surface area contributed by atoms with Gasteiger partial charge in [-0.3, -0.25) is 0 Å². The van der Waals surface area contributed by atoms with Gasteiger partial charge in [0.25, 0.3) is 0 Å². The first-order valence-corrected chi connectivity index (χ1v) is 8.68. The topological polar surface area (TPSA) is 55.2 Å². The van der Waals surface area contributed by atoms with E-state index in [-0.39, 0.29) is 12.8 Å². The minimum Gasteiger partial charge on any atom is -0.333 e. The minimum atomic E-state index is -3.22. The summed E-state index contributed by atoms with van der Waals surface area (Å²) in [7, 11) is -3.22. The Balaban J connectivity index is 0.00000400. The molecule has 0 aliphatic rings. The lowest BCUT2D eigenvalue weighted by Crippen LogP contribution is -2.46. The quantitative estimate of drug-likeness (QED) is 0.858. The molecule has 1 aromatic rings. The second-order valence-electron chi connectivity index (χ2n) is 7.20. The Hall–Kier alpha value is -0.880. The SMILES string of the molecule is C.CC(C)(C)c1nccn1CCN(C(C)(C)C)S(C)(=O)=O. The van der Waals surface area contributed by atoms with Crippen LogP contribution in [0.5, 0.6) is 0 Å². The third-order valence-electron chi connectivity index (χ3n) is 3.08. The molecule has 1 rings (SSSR count). The number of sulfonamides is 1. The van der Waals surface area contributed by atoms with E-state index in [4.69, 9.17) is 0 Å². The second-order valence-corrected chi connectivity index (χ2v) is 9.11. The van der Waals surface area contributed by atoms with Crippen molar-refractivity contribution in [1.82, 2.24) is 13.9 Å². The molecule has 0 aromatic carbocycles. The number of nitrogens with zero attached hydrogens (tertiary/aromatic N) is 3. The van der Waals surface area contributed by atoms with E-state index < -0.39 is 15.6 Å². The third-order valence-corrected chi connectivity index (χ3v) is 4.61. The van der Waals surface area contributed by atoms with E-state index in [0.29, 0.717) is 13.1 Å². The van der Waals surface area contributed by atoms with Crippen molar-refractivity contribution in [3.8, 4) is 0 Å². The molecule has 0 aliphatic heterocycles. The van der Waals surface area contributed by atoms with E-state index in [2.05, 4.69) is 25.8 Å². The van der Waals surface area contributed by atoms with Crippen LogP contribution in [-0.2, 0) is 22.0 Å². The van der Waals surface area contributed by atoms with Crippen molar-refractivity contribution < 1.29 is 8.42 Å². The zero-order valence-corrected chi connectivity index (χ0v) is 14.5. The molecule has 0 atom stereocenters. The number of aromatic nitrogens is 2. The summed E-state index contributed by atoms with van der Waals surface area (Å²) in [6.07, 6.45) is 4.93. The standard InChI is InChI=1S/C14H27N3O2S.CH4/c1-13(2,3)12-15-8-9-16(12)10-11-17(14(4,5)6)20(7,18)19;/h8-9H,10-11H2,1-7H3;1H4. The van der Waals surface area contributed by atoms with Crippen LogP contribution in [0, 0.1) is 0 Å². The Morgan fingerprint density at radius 3 is 2.10 bits per heavy atom. The molecule has 0 radical (unpaired) electrons. The molecule has 21 heavy (non-hydrogen) atoms. The lowest BCUT2D eigenvalue weighted by atomic mass is 9.96. The summed E-state index contributed by atoms with van der Waals surface area (Å²) < 4.78 is 27.4. The molecule has 0 saturated heterocycles. The van der Waals surface area contributed by atoms with E-state index in [1.54, 1.807) is 6.20 Å². The van der Waals surface area contributed by atoms with Gasteiger partial charge in [0.1, 0.15) is 5.82 Å². The van der Waals surface area contributed by atoms with Crippen molar-refractivity contribution >= 4 is 10.0 Å². The van der Waals surface area contributed by atoms with Crippen molar-refractivity contribution in [2.45, 2.75) is 66.5 Å². The number of imidazole rings is 1. The van der Waals surface area contributed by atoms with E-state index >= 15 is 0 Å². The van der Waals surface area contributed by atoms with Crippen LogP contribution >= 0.6 is 0 Å². The van der Waals surface area contributed by atoms with Gasteiger partial charge >= 0.3 is 0 Å². The summed E-state index contributed by atoms with van der Waals surface area (Å²) in [6, 6.07) is 0. The van der Waals surface area contributed by atoms with Crippen molar-refractivity contribution in [3.63, 3.8) is 0 Å². The van der Waals surface area contributed by atoms with Gasteiger partial charge in [0, 0.05) is 36.4 Å². The fourth-order valence-electron chi connectivity index (χ4n) is 2.33. The molecule has 1 heterocycles. The average Bonchev–Trinajstić information content (AvgIpc) is 2.60. The monoisotopic (exact) mass is 317 g/mol. The summed E-state index contributed by atoms with van der Waals surface area (Å²) in [5, 5.41) is 0. The number of hydrogen-bond donors (Lipinski definition) is 0. The minimum absolute atomic E-state index is 0. The normalized spacial score (nSPS) is 13.3. The van der Waals surface area contributed by atoms with Crippen LogP contribution in [0.4, 0.5) is 0 Å². The Kier molecular flexibility index (Phi) is 6.21. The smallest absolute Gasteiger partial charge is 0.211 e. The van der Waals surface area contributed by atoms with Gasteiger partial charge in [0.05, 0.1) is 6.26 Å². The van der Waals surface area contributed by atoms with E-state index in [1.165, 1.54) is 10.6 Å². The molecule has 5 nitrogen and oxygen atoms in total. The number of hydrogen-bond acceptors (Lipinski definition) is 3. The van der Waals surface area contributed by atoms with E-state index in [0.717, 1.165) is 5.82 Å². The maximum atomic E-state index is 11.9. The molecule has 1 aromatic heterocycles. The first kappa shape index (κ1) is 20.1. The van der Waals surface area contributed by atoms with Crippen LogP contribution in [-0.4, -0.2) is 40.6 Å². The van der Waals surface area contributed by atoms with Crippen LogP contribution in [0.1, 0.15) is 54.8 Å². The van der Waals surface area contributed by atoms with Crippen molar-refractivity contribution in [2.24, 2.45) is 0 Å². The second kappa shape index (κ2) is 6.48. The van der Waals surface area contributed by atoms with Crippen LogP contribution in [0.2, 0.25) is 0 Å². The molecular weight excluding hydrogens is 286 g/mol. The molecule has 124 valence electrons. The summed E-state index contributed by atoms with van der Waals surface area (Å²) in [5.41, 5.74) is -0.475. The van der Waals surface area contributed by atoms with Gasteiger partial charge in [-0.25, -0.2) is 13.4 Å². The Bertz CT molecular complexity index is 548. The zero-order chi connectivity index (χ0) is 15.8. The van der Waals surface area contributed by atoms with Gasteiger partial charge in [-0.05, 0) is 20.8 Å². The molecule has 0 spiro atoms. The molecule has 0 bridgehead atoms. The number of rotatable bonds is 4. The van der Waals surface area contributed by atoms with Gasteiger partial charge in [-0.15, -0.1) is 0 Å². The van der Waals surface area contributed by atoms with Crippen LogP contribution in [0.3, 0.4) is 0 Å². The predicted molar refractivity (Wildman–Crippen MR) is 89.0 cm³/mol. The van der Waals surface area contributed by atoms with Crippen LogP contribution in [0.25, 0.3) is 0 Å². The Morgan fingerprint density at radius 2 is 1.71 bits per heavy atom. The third kappa shape index (κ3) is 5.43. The molecule has 0 amide bonds. The van der Waals surface area contributed by atoms with Crippen molar-refractivity contribution in [2.75, 3.05) is 12.8 Å². The highest BCUT2D eigenvalue weighted by Gasteiger charge is 2.29. The van der Waals surface area contributed by atoms with E-state index in [1.807, 2.05) is 31.5 Å². The molecule has 0 aliphatic carbocycles. The van der Waals surface area contributed by atoms with Gasteiger partial charge in [-0.1, -0.05) is 28.2 Å². The molecule has 0 N–H and O–H groups in total. The maximum absolute atomic E-state index is 11.9. The van der Waals surface area contributed by atoms with Crippen LogP contribution < -0.4 is 0 Å². The van der Waals surface area contributed by atoms with Crippen LogP contribution in [0.15, 0.2) is 12.4 Å². The molecule has 0 fully saturated rings. The Labute approximate surface area is 130 Å². The molecule has 6 heteroatoms. The molecule has 0 saturated carbocycles. The average molecular weight is 317 g/mol. The lowest BCUT2D eigenvalue weighted by molar-refractivity contribution is 0.241. The molecular formula is C15H31N3O2S. The van der Waals surface area contributed by atoms with Gasteiger partial charge in [-0.2, -0.15) is 4.31 Å². The lowest BCUT2D eigenvalue weighted by Gasteiger charge is -2.33. The van der Waals surface area contributed by atoms with Crippen molar-refractivity contribution in [3.05, 3.63) is 18.2 Å². The first-order valence-electron chi connectivity index (χ1n) is 6.83. The summed E-state index contributed by atoms with van der Waals surface area (Å²) in [6.45, 7) is 13.1. The molecule has 0 unspecified atom stereocenters.